The first-order valence-electron chi connectivity index (χ1n) is 10.5. The molecule has 5 aromatic rings. The monoisotopic (exact) mass is 439 g/mol. The summed E-state index contributed by atoms with van der Waals surface area (Å²) in [5, 5.41) is 1.24. The van der Waals surface area contributed by atoms with Crippen LogP contribution in [-0.2, 0) is 0 Å². The Morgan fingerprint density at radius 2 is 1.67 bits per heavy atom. The van der Waals surface area contributed by atoms with E-state index in [4.69, 9.17) is 13.9 Å². The molecular formula is C27H21NO5. The fraction of sp³-hybridized carbons (Fsp3) is 0.111. The fourth-order valence-electron chi connectivity index (χ4n) is 3.94. The van der Waals surface area contributed by atoms with Crippen LogP contribution in [0.25, 0.3) is 21.9 Å². The van der Waals surface area contributed by atoms with Gasteiger partial charge in [-0.3, -0.25) is 9.59 Å². The molecule has 6 nitrogen and oxygen atoms in total. The van der Waals surface area contributed by atoms with E-state index in [2.05, 4.69) is 4.98 Å². The number of Topliss-reactive ketones (excluding diaryl/α,β-unsaturated/α-hetero) is 1. The SMILES string of the molecule is Cc1[nH]c2ccccc2c1C(=O)COc1ccc2c(=O)c(Oc3ccccc3)c(C)oc2c1. The van der Waals surface area contributed by atoms with E-state index in [1.54, 1.807) is 37.3 Å². The topological polar surface area (TPSA) is 81.5 Å². The number of hydrogen-bond donors (Lipinski definition) is 1. The minimum Gasteiger partial charge on any atom is -0.485 e. The number of carbonyl (C=O) groups excluding carboxylic acids is 1. The van der Waals surface area contributed by atoms with Gasteiger partial charge in [-0.05, 0) is 44.2 Å². The van der Waals surface area contributed by atoms with Gasteiger partial charge in [-0.1, -0.05) is 36.4 Å². The molecule has 0 aliphatic carbocycles. The summed E-state index contributed by atoms with van der Waals surface area (Å²) >= 11 is 0. The molecule has 0 radical (unpaired) electrons. The van der Waals surface area contributed by atoms with Crippen LogP contribution in [0.2, 0.25) is 0 Å². The summed E-state index contributed by atoms with van der Waals surface area (Å²) in [6.45, 7) is 3.42. The van der Waals surface area contributed by atoms with Crippen molar-refractivity contribution in [3.05, 3.63) is 100 Å². The van der Waals surface area contributed by atoms with Crippen molar-refractivity contribution in [3.63, 3.8) is 0 Å². The van der Waals surface area contributed by atoms with Gasteiger partial charge in [0.15, 0.2) is 6.61 Å². The Kier molecular flexibility index (Phi) is 5.18. The van der Waals surface area contributed by atoms with Crippen LogP contribution in [0, 0.1) is 13.8 Å². The molecule has 0 spiro atoms. The molecular weight excluding hydrogens is 418 g/mol. The van der Waals surface area contributed by atoms with Gasteiger partial charge in [0.1, 0.15) is 22.8 Å². The van der Waals surface area contributed by atoms with Gasteiger partial charge in [0, 0.05) is 28.2 Å². The molecule has 0 fully saturated rings. The highest BCUT2D eigenvalue weighted by atomic mass is 16.5. The maximum Gasteiger partial charge on any atom is 0.235 e. The quantitative estimate of drug-likeness (QED) is 0.331. The Morgan fingerprint density at radius 1 is 0.909 bits per heavy atom. The molecule has 3 aromatic carbocycles. The second-order valence-electron chi connectivity index (χ2n) is 7.77. The molecule has 6 heteroatoms. The summed E-state index contributed by atoms with van der Waals surface area (Å²) in [4.78, 5) is 29.1. The fourth-order valence-corrected chi connectivity index (χ4v) is 3.94. The molecule has 164 valence electrons. The standard InChI is InChI=1S/C27H21NO5/c1-16-25(20-10-6-7-11-22(20)28-16)23(29)15-31-19-12-13-21-24(14-19)32-17(2)27(26(21)30)33-18-8-4-3-5-9-18/h3-14,28H,15H2,1-2H3. The predicted octanol–water partition coefficient (Wildman–Crippen LogP) is 5.95. The molecule has 2 aromatic heterocycles. The van der Waals surface area contributed by atoms with E-state index in [1.165, 1.54) is 0 Å². The van der Waals surface area contributed by atoms with Crippen LogP contribution >= 0.6 is 0 Å². The maximum absolute atomic E-state index is 13.0. The zero-order chi connectivity index (χ0) is 22.9. The van der Waals surface area contributed by atoms with Crippen molar-refractivity contribution in [2.75, 3.05) is 6.61 Å². The van der Waals surface area contributed by atoms with Gasteiger partial charge in [-0.15, -0.1) is 0 Å². The molecule has 1 N–H and O–H groups in total. The number of ether oxygens (including phenoxy) is 2. The van der Waals surface area contributed by atoms with E-state index < -0.39 is 0 Å². The third-order valence-corrected chi connectivity index (χ3v) is 5.49. The van der Waals surface area contributed by atoms with E-state index >= 15 is 0 Å². The molecule has 0 atom stereocenters. The van der Waals surface area contributed by atoms with Crippen LogP contribution < -0.4 is 14.9 Å². The van der Waals surface area contributed by atoms with Crippen molar-refractivity contribution in [1.82, 2.24) is 4.98 Å². The average molecular weight is 439 g/mol. The Bertz CT molecular complexity index is 1550. The molecule has 2 heterocycles. The highest BCUT2D eigenvalue weighted by molar-refractivity contribution is 6.09. The van der Waals surface area contributed by atoms with Crippen molar-refractivity contribution in [3.8, 4) is 17.2 Å². The number of carbonyl (C=O) groups is 1. The number of aromatic amines is 1. The molecule has 0 aliphatic heterocycles. The smallest absolute Gasteiger partial charge is 0.235 e. The first kappa shape index (κ1) is 20.6. The maximum atomic E-state index is 13.0. The van der Waals surface area contributed by atoms with Crippen LogP contribution in [0.15, 0.2) is 82.0 Å². The lowest BCUT2D eigenvalue weighted by atomic mass is 10.1. The van der Waals surface area contributed by atoms with Gasteiger partial charge in [-0.25, -0.2) is 0 Å². The molecule has 5 rings (SSSR count). The van der Waals surface area contributed by atoms with Crippen molar-refractivity contribution < 1.29 is 18.7 Å². The zero-order valence-electron chi connectivity index (χ0n) is 18.2. The lowest BCUT2D eigenvalue weighted by molar-refractivity contribution is 0.0922. The van der Waals surface area contributed by atoms with Crippen LogP contribution in [0.4, 0.5) is 0 Å². The van der Waals surface area contributed by atoms with Gasteiger partial charge in [-0.2, -0.15) is 0 Å². The van der Waals surface area contributed by atoms with Gasteiger partial charge in [0.05, 0.1) is 5.39 Å². The normalized spacial score (nSPS) is 11.1. The van der Waals surface area contributed by atoms with Crippen molar-refractivity contribution in [1.29, 1.82) is 0 Å². The number of hydrogen-bond acceptors (Lipinski definition) is 5. The first-order valence-corrected chi connectivity index (χ1v) is 10.5. The van der Waals surface area contributed by atoms with Crippen LogP contribution in [0.1, 0.15) is 21.8 Å². The summed E-state index contributed by atoms with van der Waals surface area (Å²) < 4.78 is 17.4. The summed E-state index contributed by atoms with van der Waals surface area (Å²) in [6.07, 6.45) is 0. The Balaban J connectivity index is 1.39. The largest absolute Gasteiger partial charge is 0.485 e. The summed E-state index contributed by atoms with van der Waals surface area (Å²) in [6, 6.07) is 21.6. The van der Waals surface area contributed by atoms with E-state index in [0.717, 1.165) is 16.6 Å². The highest BCUT2D eigenvalue weighted by Gasteiger charge is 2.18. The minimum atomic E-state index is -0.269. The van der Waals surface area contributed by atoms with Crippen LogP contribution in [0.5, 0.6) is 17.2 Å². The van der Waals surface area contributed by atoms with Crippen molar-refractivity contribution >= 4 is 27.7 Å². The number of H-pyrrole nitrogens is 1. The second-order valence-corrected chi connectivity index (χ2v) is 7.77. The van der Waals surface area contributed by atoms with Gasteiger partial charge in [0.2, 0.25) is 17.0 Å². The first-order chi connectivity index (χ1) is 16.0. The number of para-hydroxylation sites is 2. The summed E-state index contributed by atoms with van der Waals surface area (Å²) in [5.41, 5.74) is 2.43. The van der Waals surface area contributed by atoms with Crippen LogP contribution in [0.3, 0.4) is 0 Å². The Labute approximate surface area is 189 Å². The van der Waals surface area contributed by atoms with Crippen molar-refractivity contribution in [2.24, 2.45) is 0 Å². The lowest BCUT2D eigenvalue weighted by Gasteiger charge is -2.10. The third kappa shape index (κ3) is 3.87. The average Bonchev–Trinajstić information content (AvgIpc) is 3.16. The Morgan fingerprint density at radius 3 is 2.48 bits per heavy atom. The highest BCUT2D eigenvalue weighted by Crippen LogP contribution is 2.28. The lowest BCUT2D eigenvalue weighted by Crippen LogP contribution is -2.12. The molecule has 0 aliphatic rings. The van der Waals surface area contributed by atoms with Gasteiger partial charge in [0.25, 0.3) is 0 Å². The molecule has 0 bridgehead atoms. The molecule has 0 saturated heterocycles. The van der Waals surface area contributed by atoms with Crippen LogP contribution in [-0.4, -0.2) is 17.4 Å². The summed E-state index contributed by atoms with van der Waals surface area (Å²) in [7, 11) is 0. The summed E-state index contributed by atoms with van der Waals surface area (Å²) in [5.74, 6) is 1.37. The van der Waals surface area contributed by atoms with Crippen molar-refractivity contribution in [2.45, 2.75) is 13.8 Å². The van der Waals surface area contributed by atoms with E-state index in [0.29, 0.717) is 33.8 Å². The molecule has 33 heavy (non-hydrogen) atoms. The number of aromatic nitrogens is 1. The van der Waals surface area contributed by atoms with E-state index in [9.17, 15) is 9.59 Å². The van der Waals surface area contributed by atoms with E-state index in [1.807, 2.05) is 49.4 Å². The number of ketones is 1. The molecule has 0 amide bonds. The van der Waals surface area contributed by atoms with Gasteiger partial charge < -0.3 is 18.9 Å². The number of aryl methyl sites for hydroxylation is 2. The molecule has 0 saturated carbocycles. The number of nitrogens with one attached hydrogen (secondary N) is 1. The van der Waals surface area contributed by atoms with E-state index in [-0.39, 0.29) is 23.6 Å². The third-order valence-electron chi connectivity index (χ3n) is 5.49. The predicted molar refractivity (Wildman–Crippen MR) is 127 cm³/mol. The second kappa shape index (κ2) is 8.31. The molecule has 0 unspecified atom stereocenters. The van der Waals surface area contributed by atoms with Gasteiger partial charge >= 0.3 is 0 Å². The zero-order valence-corrected chi connectivity index (χ0v) is 18.2. The number of benzene rings is 3. The minimum absolute atomic E-state index is 0.130. The number of rotatable bonds is 6. The number of fused-ring (bicyclic) bond motifs is 2. The Hall–Kier alpha value is -4.32.